The van der Waals surface area contributed by atoms with Crippen molar-refractivity contribution in [1.82, 2.24) is 5.32 Å². The lowest BCUT2D eigenvalue weighted by molar-refractivity contribution is -0.138. The first-order valence-corrected chi connectivity index (χ1v) is 7.08. The molecule has 0 saturated heterocycles. The quantitative estimate of drug-likeness (QED) is 0.621. The van der Waals surface area contributed by atoms with Gasteiger partial charge in [-0.05, 0) is 32.0 Å². The Hall–Kier alpha value is -1.30. The van der Waals surface area contributed by atoms with E-state index in [1.54, 1.807) is 12.1 Å². The number of anilines is 1. The molecule has 1 aromatic rings. The maximum atomic E-state index is 12.3. The fraction of sp³-hybridized carbons (Fsp3) is 0.429. The highest BCUT2D eigenvalue weighted by molar-refractivity contribution is 6.36. The lowest BCUT2D eigenvalue weighted by Crippen LogP contribution is -2.46. The third-order valence-electron chi connectivity index (χ3n) is 2.91. The Balaban J connectivity index is 2.74. The van der Waals surface area contributed by atoms with E-state index in [2.05, 4.69) is 10.6 Å². The smallest absolute Gasteiger partial charge is 0.239 e. The van der Waals surface area contributed by atoms with Gasteiger partial charge >= 0.3 is 0 Å². The minimum Gasteiger partial charge on any atom is -0.383 e. The largest absolute Gasteiger partial charge is 0.383 e. The molecule has 0 bridgehead atoms. The Morgan fingerprint density at radius 2 is 1.90 bits per heavy atom. The summed E-state index contributed by atoms with van der Waals surface area (Å²) in [5.41, 5.74) is -0.833. The topological polar surface area (TPSA) is 67.4 Å². The van der Waals surface area contributed by atoms with Crippen molar-refractivity contribution in [3.05, 3.63) is 28.2 Å². The van der Waals surface area contributed by atoms with Crippen molar-refractivity contribution in [3.8, 4) is 0 Å². The molecule has 0 spiro atoms. The van der Waals surface area contributed by atoms with Crippen LogP contribution in [0.2, 0.25) is 10.0 Å². The third kappa shape index (κ3) is 4.88. The molecule has 0 heterocycles. The number of halogens is 2. The minimum absolute atomic E-state index is 0.312. The van der Waals surface area contributed by atoms with E-state index in [1.165, 1.54) is 27.0 Å². The van der Waals surface area contributed by atoms with Gasteiger partial charge in [0.05, 0.1) is 17.3 Å². The van der Waals surface area contributed by atoms with Crippen molar-refractivity contribution in [2.24, 2.45) is 5.41 Å². The highest BCUT2D eigenvalue weighted by atomic mass is 35.5. The Kier molecular flexibility index (Phi) is 6.45. The Bertz CT molecular complexity index is 533. The van der Waals surface area contributed by atoms with Crippen molar-refractivity contribution in [2.45, 2.75) is 13.8 Å². The summed E-state index contributed by atoms with van der Waals surface area (Å²) in [5.74, 6) is -0.844. The molecule has 0 aromatic heterocycles. The number of benzene rings is 1. The monoisotopic (exact) mass is 332 g/mol. The Labute approximate surface area is 133 Å². The van der Waals surface area contributed by atoms with E-state index in [-0.39, 0.29) is 5.91 Å². The number of rotatable bonds is 6. The van der Waals surface area contributed by atoms with Gasteiger partial charge in [0.2, 0.25) is 11.8 Å². The van der Waals surface area contributed by atoms with Gasteiger partial charge in [0.1, 0.15) is 5.41 Å². The van der Waals surface area contributed by atoms with E-state index in [0.717, 1.165) is 0 Å². The van der Waals surface area contributed by atoms with Crippen molar-refractivity contribution >= 4 is 40.7 Å². The molecular weight excluding hydrogens is 315 g/mol. The maximum absolute atomic E-state index is 12.3. The van der Waals surface area contributed by atoms with Crippen molar-refractivity contribution in [1.29, 1.82) is 0 Å². The molecule has 0 aliphatic carbocycles. The second-order valence-electron chi connectivity index (χ2n) is 4.95. The summed E-state index contributed by atoms with van der Waals surface area (Å²) in [6, 6.07) is 4.71. The van der Waals surface area contributed by atoms with Gasteiger partial charge in [0, 0.05) is 18.7 Å². The summed E-state index contributed by atoms with van der Waals surface area (Å²) < 4.78 is 4.84. The number of hydrogen-bond acceptors (Lipinski definition) is 3. The van der Waals surface area contributed by atoms with Gasteiger partial charge in [-0.2, -0.15) is 0 Å². The molecule has 0 unspecified atom stereocenters. The van der Waals surface area contributed by atoms with Crippen LogP contribution >= 0.6 is 23.2 Å². The predicted octanol–water partition coefficient (Wildman–Crippen LogP) is 2.72. The van der Waals surface area contributed by atoms with Gasteiger partial charge < -0.3 is 15.4 Å². The van der Waals surface area contributed by atoms with Crippen LogP contribution in [0, 0.1) is 5.41 Å². The SMILES string of the molecule is COCCNC(=O)C(C)(C)C(=O)Nc1ccc(Cl)cc1Cl. The molecule has 0 fully saturated rings. The number of carbonyl (C=O) groups is 2. The summed E-state index contributed by atoms with van der Waals surface area (Å²) in [6.45, 7) is 3.79. The molecular formula is C14H18Cl2N2O3. The number of amides is 2. The van der Waals surface area contributed by atoms with Crippen molar-refractivity contribution in [2.75, 3.05) is 25.6 Å². The van der Waals surface area contributed by atoms with Crippen LogP contribution in [0.25, 0.3) is 0 Å². The first kappa shape index (κ1) is 17.8. The Morgan fingerprint density at radius 3 is 2.48 bits per heavy atom. The maximum Gasteiger partial charge on any atom is 0.239 e. The van der Waals surface area contributed by atoms with Gasteiger partial charge in [-0.1, -0.05) is 23.2 Å². The predicted molar refractivity (Wildman–Crippen MR) is 83.8 cm³/mol. The summed E-state index contributed by atoms with van der Waals surface area (Å²) in [4.78, 5) is 24.3. The summed E-state index contributed by atoms with van der Waals surface area (Å²) in [7, 11) is 1.53. The molecule has 116 valence electrons. The first-order valence-electron chi connectivity index (χ1n) is 6.32. The van der Waals surface area contributed by atoms with Gasteiger partial charge in [-0.25, -0.2) is 0 Å². The van der Waals surface area contributed by atoms with E-state index >= 15 is 0 Å². The van der Waals surface area contributed by atoms with Crippen molar-refractivity contribution < 1.29 is 14.3 Å². The highest BCUT2D eigenvalue weighted by Crippen LogP contribution is 2.27. The zero-order valence-electron chi connectivity index (χ0n) is 12.1. The molecule has 0 aliphatic heterocycles. The molecule has 0 aliphatic rings. The van der Waals surface area contributed by atoms with Crippen LogP contribution in [-0.2, 0) is 14.3 Å². The molecule has 1 aromatic carbocycles. The van der Waals surface area contributed by atoms with Crippen LogP contribution in [-0.4, -0.2) is 32.1 Å². The highest BCUT2D eigenvalue weighted by Gasteiger charge is 2.36. The molecule has 21 heavy (non-hydrogen) atoms. The summed E-state index contributed by atoms with van der Waals surface area (Å²) in [6.07, 6.45) is 0. The minimum atomic E-state index is -1.24. The third-order valence-corrected chi connectivity index (χ3v) is 3.45. The Morgan fingerprint density at radius 1 is 1.24 bits per heavy atom. The van der Waals surface area contributed by atoms with Crippen LogP contribution in [0.4, 0.5) is 5.69 Å². The number of ether oxygens (including phenoxy) is 1. The van der Waals surface area contributed by atoms with Crippen LogP contribution < -0.4 is 10.6 Å². The standard InChI is InChI=1S/C14H18Cl2N2O3/c1-14(2,12(19)17-6-7-21-3)13(20)18-11-5-4-9(15)8-10(11)16/h4-5,8H,6-7H2,1-3H3,(H,17,19)(H,18,20). The van der Waals surface area contributed by atoms with Crippen LogP contribution in [0.1, 0.15) is 13.8 Å². The molecule has 2 N–H and O–H groups in total. The zero-order chi connectivity index (χ0) is 16.0. The number of carbonyl (C=O) groups excluding carboxylic acids is 2. The number of nitrogens with one attached hydrogen (secondary N) is 2. The zero-order valence-corrected chi connectivity index (χ0v) is 13.6. The van der Waals surface area contributed by atoms with Gasteiger partial charge in [0.25, 0.3) is 0 Å². The van der Waals surface area contributed by atoms with Crippen LogP contribution in [0.3, 0.4) is 0 Å². The molecule has 5 nitrogen and oxygen atoms in total. The first-order chi connectivity index (χ1) is 9.78. The van der Waals surface area contributed by atoms with E-state index in [0.29, 0.717) is 28.9 Å². The average molecular weight is 333 g/mol. The fourth-order valence-corrected chi connectivity index (χ4v) is 1.92. The van der Waals surface area contributed by atoms with Gasteiger partial charge in [-0.15, -0.1) is 0 Å². The second kappa shape index (κ2) is 7.64. The van der Waals surface area contributed by atoms with Crippen LogP contribution in [0.15, 0.2) is 18.2 Å². The molecule has 0 atom stereocenters. The average Bonchev–Trinajstić information content (AvgIpc) is 2.41. The van der Waals surface area contributed by atoms with Crippen molar-refractivity contribution in [3.63, 3.8) is 0 Å². The van der Waals surface area contributed by atoms with E-state index in [9.17, 15) is 9.59 Å². The molecule has 2 amide bonds. The molecule has 0 radical (unpaired) electrons. The van der Waals surface area contributed by atoms with Crippen LogP contribution in [0.5, 0.6) is 0 Å². The summed E-state index contributed by atoms with van der Waals surface area (Å²) >= 11 is 11.8. The van der Waals surface area contributed by atoms with E-state index in [4.69, 9.17) is 27.9 Å². The molecule has 0 saturated carbocycles. The lowest BCUT2D eigenvalue weighted by Gasteiger charge is -2.23. The van der Waals surface area contributed by atoms with E-state index < -0.39 is 11.3 Å². The van der Waals surface area contributed by atoms with E-state index in [1.807, 2.05) is 0 Å². The normalized spacial score (nSPS) is 11.1. The number of methoxy groups -OCH3 is 1. The molecule has 7 heteroatoms. The second-order valence-corrected chi connectivity index (χ2v) is 5.80. The lowest BCUT2D eigenvalue weighted by atomic mass is 9.91. The fourth-order valence-electron chi connectivity index (χ4n) is 1.46. The molecule has 1 rings (SSSR count). The number of hydrogen-bond donors (Lipinski definition) is 2. The van der Waals surface area contributed by atoms with Gasteiger partial charge in [0.15, 0.2) is 0 Å². The summed E-state index contributed by atoms with van der Waals surface area (Å²) in [5, 5.41) is 6.04. The van der Waals surface area contributed by atoms with Gasteiger partial charge in [-0.3, -0.25) is 9.59 Å².